The average molecular weight is 435 g/mol. The van der Waals surface area contributed by atoms with E-state index in [1.54, 1.807) is 18.4 Å². The molecule has 0 amide bonds. The molecule has 0 radical (unpaired) electrons. The number of fused-ring (bicyclic) bond motifs is 4. The Labute approximate surface area is 185 Å². The minimum atomic E-state index is 0.785. The third kappa shape index (κ3) is 3.15. The van der Waals surface area contributed by atoms with Crippen LogP contribution in [0.5, 0.6) is 5.75 Å². The van der Waals surface area contributed by atoms with Gasteiger partial charge in [0.2, 0.25) is 0 Å². The molecule has 4 aromatic rings. The van der Waals surface area contributed by atoms with Gasteiger partial charge in [0.15, 0.2) is 5.13 Å². The highest BCUT2D eigenvalue weighted by Crippen LogP contribution is 2.36. The largest absolute Gasteiger partial charge is 0.497 e. The molecule has 0 N–H and O–H groups in total. The minimum absolute atomic E-state index is 0.785. The van der Waals surface area contributed by atoms with Crippen molar-refractivity contribution in [3.63, 3.8) is 0 Å². The second-order valence-corrected chi connectivity index (χ2v) is 9.30. The Bertz CT molecular complexity index is 1270. The first-order valence-corrected chi connectivity index (χ1v) is 11.7. The van der Waals surface area contributed by atoms with Crippen molar-refractivity contribution in [3.8, 4) is 5.75 Å². The molecule has 160 valence electrons. The van der Waals surface area contributed by atoms with Crippen LogP contribution < -0.4 is 14.5 Å². The number of benzene rings is 2. The van der Waals surface area contributed by atoms with Crippen molar-refractivity contribution in [2.45, 2.75) is 13.0 Å². The lowest BCUT2D eigenvalue weighted by atomic mass is 10.0. The van der Waals surface area contributed by atoms with Crippen molar-refractivity contribution < 1.29 is 9.47 Å². The van der Waals surface area contributed by atoms with Gasteiger partial charge in [-0.05, 0) is 36.4 Å². The molecule has 0 bridgehead atoms. The van der Waals surface area contributed by atoms with Gasteiger partial charge in [-0.15, -0.1) is 0 Å². The van der Waals surface area contributed by atoms with E-state index in [1.165, 1.54) is 32.5 Å². The van der Waals surface area contributed by atoms with E-state index in [4.69, 9.17) is 14.5 Å². The Morgan fingerprint density at radius 2 is 1.90 bits per heavy atom. The molecular formula is C24H26N4O2S. The lowest BCUT2D eigenvalue weighted by Crippen LogP contribution is -2.36. The van der Waals surface area contributed by atoms with Gasteiger partial charge in [-0.25, -0.2) is 4.98 Å². The van der Waals surface area contributed by atoms with E-state index in [0.29, 0.717) is 0 Å². The Hall–Kier alpha value is -2.77. The van der Waals surface area contributed by atoms with Crippen molar-refractivity contribution in [3.05, 3.63) is 47.7 Å². The standard InChI is InChI=1S/C24H26N4O2S/c1-26-21-6-4-17(29-2)14-18(21)19-15-28(8-7-22(19)26)16-3-5-20-23(13-16)31-24(25-20)27-9-11-30-12-10-27/h3-6,13-14H,7-12,15H2,1-2H3. The van der Waals surface area contributed by atoms with E-state index in [1.807, 2.05) is 0 Å². The van der Waals surface area contributed by atoms with Gasteiger partial charge in [0, 0.05) is 67.5 Å². The maximum Gasteiger partial charge on any atom is 0.186 e. The summed E-state index contributed by atoms with van der Waals surface area (Å²) < 4.78 is 14.6. The third-order valence-corrected chi connectivity index (χ3v) is 7.70. The van der Waals surface area contributed by atoms with Crippen LogP contribution in [0.3, 0.4) is 0 Å². The lowest BCUT2D eigenvalue weighted by Gasteiger charge is -2.30. The molecule has 0 unspecified atom stereocenters. The molecule has 6 nitrogen and oxygen atoms in total. The van der Waals surface area contributed by atoms with Gasteiger partial charge >= 0.3 is 0 Å². The quantitative estimate of drug-likeness (QED) is 0.484. The topological polar surface area (TPSA) is 42.8 Å². The molecule has 0 atom stereocenters. The number of hydrogen-bond acceptors (Lipinski definition) is 6. The molecular weight excluding hydrogens is 408 g/mol. The van der Waals surface area contributed by atoms with Crippen LogP contribution in [0.15, 0.2) is 36.4 Å². The number of hydrogen-bond donors (Lipinski definition) is 0. The van der Waals surface area contributed by atoms with E-state index in [-0.39, 0.29) is 0 Å². The summed E-state index contributed by atoms with van der Waals surface area (Å²) in [6, 6.07) is 13.1. The second kappa shape index (κ2) is 7.43. The first-order valence-electron chi connectivity index (χ1n) is 10.8. The number of anilines is 2. The molecule has 0 spiro atoms. The number of ether oxygens (including phenoxy) is 2. The molecule has 7 heteroatoms. The molecule has 2 aromatic carbocycles. The lowest BCUT2D eigenvalue weighted by molar-refractivity contribution is 0.122. The fourth-order valence-electron chi connectivity index (χ4n) is 4.89. The summed E-state index contributed by atoms with van der Waals surface area (Å²) in [7, 11) is 3.91. The predicted octanol–water partition coefficient (Wildman–Crippen LogP) is 4.20. The molecule has 1 fully saturated rings. The molecule has 2 aromatic heterocycles. The molecule has 31 heavy (non-hydrogen) atoms. The van der Waals surface area contributed by atoms with Gasteiger partial charge in [0.25, 0.3) is 0 Å². The maximum absolute atomic E-state index is 5.49. The Balaban J connectivity index is 1.33. The summed E-state index contributed by atoms with van der Waals surface area (Å²) >= 11 is 1.79. The number of aromatic nitrogens is 2. The molecule has 2 aliphatic heterocycles. The summed E-state index contributed by atoms with van der Waals surface area (Å²) in [5, 5.41) is 2.41. The summed E-state index contributed by atoms with van der Waals surface area (Å²) in [5.41, 5.74) is 6.49. The van der Waals surface area contributed by atoms with Crippen LogP contribution in [0.1, 0.15) is 11.3 Å². The van der Waals surface area contributed by atoms with Gasteiger partial charge < -0.3 is 23.8 Å². The second-order valence-electron chi connectivity index (χ2n) is 8.29. The number of morpholine rings is 1. The molecule has 1 saturated heterocycles. The zero-order valence-corrected chi connectivity index (χ0v) is 18.7. The van der Waals surface area contributed by atoms with Gasteiger partial charge in [-0.1, -0.05) is 11.3 Å². The van der Waals surface area contributed by atoms with Crippen LogP contribution in [0, 0.1) is 0 Å². The maximum atomic E-state index is 5.49. The van der Waals surface area contributed by atoms with E-state index in [2.05, 4.69) is 57.8 Å². The number of rotatable bonds is 3. The first-order chi connectivity index (χ1) is 15.2. The highest BCUT2D eigenvalue weighted by atomic mass is 32.1. The van der Waals surface area contributed by atoms with Crippen molar-refractivity contribution >= 4 is 43.3 Å². The molecule has 0 aliphatic carbocycles. The highest BCUT2D eigenvalue weighted by molar-refractivity contribution is 7.22. The fourth-order valence-corrected chi connectivity index (χ4v) is 5.94. The first kappa shape index (κ1) is 19.0. The summed E-state index contributed by atoms with van der Waals surface area (Å²) in [4.78, 5) is 9.71. The monoisotopic (exact) mass is 434 g/mol. The van der Waals surface area contributed by atoms with Crippen LogP contribution in [0.4, 0.5) is 10.8 Å². The molecule has 0 saturated carbocycles. The van der Waals surface area contributed by atoms with Gasteiger partial charge in [-0.2, -0.15) is 0 Å². The minimum Gasteiger partial charge on any atom is -0.497 e. The Kier molecular flexibility index (Phi) is 4.54. The van der Waals surface area contributed by atoms with E-state index in [9.17, 15) is 0 Å². The number of aryl methyl sites for hydroxylation is 1. The zero-order chi connectivity index (χ0) is 20.9. The Morgan fingerprint density at radius 3 is 2.74 bits per heavy atom. The van der Waals surface area contributed by atoms with Crippen molar-refractivity contribution in [2.75, 3.05) is 49.8 Å². The Morgan fingerprint density at radius 1 is 1.03 bits per heavy atom. The van der Waals surface area contributed by atoms with E-state index in [0.717, 1.165) is 62.2 Å². The van der Waals surface area contributed by atoms with Crippen LogP contribution in [0.25, 0.3) is 21.1 Å². The van der Waals surface area contributed by atoms with Crippen molar-refractivity contribution in [1.82, 2.24) is 9.55 Å². The highest BCUT2D eigenvalue weighted by Gasteiger charge is 2.24. The summed E-state index contributed by atoms with van der Waals surface area (Å²) in [6.45, 7) is 5.36. The molecule has 4 heterocycles. The van der Waals surface area contributed by atoms with Gasteiger partial charge in [-0.3, -0.25) is 0 Å². The fraction of sp³-hybridized carbons (Fsp3) is 0.375. The number of thiazole rings is 1. The van der Waals surface area contributed by atoms with Crippen LogP contribution >= 0.6 is 11.3 Å². The van der Waals surface area contributed by atoms with E-state index >= 15 is 0 Å². The van der Waals surface area contributed by atoms with Crippen molar-refractivity contribution in [1.29, 1.82) is 0 Å². The predicted molar refractivity (Wildman–Crippen MR) is 127 cm³/mol. The number of nitrogens with zero attached hydrogens (tertiary/aromatic N) is 4. The van der Waals surface area contributed by atoms with Crippen LogP contribution in [-0.4, -0.2) is 49.5 Å². The smallest absolute Gasteiger partial charge is 0.186 e. The summed E-state index contributed by atoms with van der Waals surface area (Å²) in [5.74, 6) is 0.916. The number of methoxy groups -OCH3 is 1. The van der Waals surface area contributed by atoms with Crippen molar-refractivity contribution in [2.24, 2.45) is 7.05 Å². The van der Waals surface area contributed by atoms with Gasteiger partial charge in [0.05, 0.1) is 30.5 Å². The van der Waals surface area contributed by atoms with Crippen LogP contribution in [-0.2, 0) is 24.8 Å². The third-order valence-electron chi connectivity index (χ3n) is 6.62. The summed E-state index contributed by atoms with van der Waals surface area (Å²) in [6.07, 6.45) is 1.04. The SMILES string of the molecule is COc1ccc2c(c1)c1c(n2C)CCN(c2ccc3nc(N4CCOCC4)sc3c2)C1. The average Bonchev–Trinajstić information content (AvgIpc) is 3.38. The van der Waals surface area contributed by atoms with Crippen LogP contribution in [0.2, 0.25) is 0 Å². The van der Waals surface area contributed by atoms with Gasteiger partial charge in [0.1, 0.15) is 5.75 Å². The molecule has 2 aliphatic rings. The van der Waals surface area contributed by atoms with E-state index < -0.39 is 0 Å². The molecule has 6 rings (SSSR count). The zero-order valence-electron chi connectivity index (χ0n) is 17.9. The normalized spacial score (nSPS) is 16.8.